The molecule has 0 saturated heterocycles. The zero-order chi connectivity index (χ0) is 7.61. The number of hydrogen-bond acceptors (Lipinski definition) is 0. The highest BCUT2D eigenvalue weighted by Crippen LogP contribution is 2.25. The van der Waals surface area contributed by atoms with Gasteiger partial charge in [0.2, 0.25) is 0 Å². The predicted octanol–water partition coefficient (Wildman–Crippen LogP) is 2.03. The molecule has 0 spiro atoms. The Morgan fingerprint density at radius 1 is 1.20 bits per heavy atom. The third-order valence-electron chi connectivity index (χ3n) is 3.13. The maximum absolute atomic E-state index is 2.36. The van der Waals surface area contributed by atoms with Crippen molar-refractivity contribution in [3.63, 3.8) is 0 Å². The normalized spacial score (nSPS) is 21.9. The number of nitrogens with zero attached hydrogens (tertiary/aromatic N) is 1. The summed E-state index contributed by atoms with van der Waals surface area (Å²) >= 11 is 0. The van der Waals surface area contributed by atoms with Crippen LogP contribution < -0.4 is 0 Å². The maximum atomic E-state index is 2.36. The molecule has 0 bridgehead atoms. The minimum Gasteiger partial charge on any atom is -0.326 e. The van der Waals surface area contributed by atoms with Crippen molar-refractivity contribution >= 4 is 0 Å². The van der Waals surface area contributed by atoms with Crippen molar-refractivity contribution in [2.45, 2.75) is 38.6 Å². The monoisotopic (exact) mass is 142 g/mol. The zero-order valence-electron chi connectivity index (χ0n) is 7.56. The molecule has 10 heavy (non-hydrogen) atoms. The van der Waals surface area contributed by atoms with E-state index in [1.165, 1.54) is 36.7 Å². The fraction of sp³-hybridized carbons (Fsp3) is 1.00. The Bertz CT molecular complexity index is 101. The first kappa shape index (κ1) is 8.06. The van der Waals surface area contributed by atoms with Gasteiger partial charge in [-0.3, -0.25) is 0 Å². The molecule has 0 aromatic heterocycles. The van der Waals surface area contributed by atoms with Gasteiger partial charge >= 0.3 is 0 Å². The first-order chi connectivity index (χ1) is 4.67. The molecule has 1 aliphatic carbocycles. The van der Waals surface area contributed by atoms with Crippen LogP contribution in [0.15, 0.2) is 0 Å². The van der Waals surface area contributed by atoms with E-state index < -0.39 is 0 Å². The molecule has 1 nitrogen and oxygen atoms in total. The maximum Gasteiger partial charge on any atom is 0.0886 e. The first-order valence-electron chi connectivity index (χ1n) is 4.49. The van der Waals surface area contributed by atoms with Gasteiger partial charge in [-0.2, -0.15) is 0 Å². The number of quaternary nitrogens is 1. The predicted molar refractivity (Wildman–Crippen MR) is 44.9 cm³/mol. The van der Waals surface area contributed by atoms with Crippen molar-refractivity contribution in [3.8, 4) is 0 Å². The van der Waals surface area contributed by atoms with Crippen LogP contribution in [0.2, 0.25) is 0 Å². The first-order valence-corrected chi connectivity index (χ1v) is 4.49. The van der Waals surface area contributed by atoms with E-state index in [0.29, 0.717) is 0 Å². The van der Waals surface area contributed by atoms with Crippen molar-refractivity contribution in [2.24, 2.45) is 0 Å². The molecule has 1 aliphatic rings. The van der Waals surface area contributed by atoms with Crippen molar-refractivity contribution in [1.29, 1.82) is 0 Å². The van der Waals surface area contributed by atoms with Crippen LogP contribution in [0.1, 0.15) is 32.6 Å². The highest BCUT2D eigenvalue weighted by Gasteiger charge is 2.28. The Kier molecular flexibility index (Phi) is 2.35. The fourth-order valence-corrected chi connectivity index (χ4v) is 1.86. The molecule has 1 rings (SSSR count). The van der Waals surface area contributed by atoms with Crippen molar-refractivity contribution in [3.05, 3.63) is 0 Å². The Labute approximate surface area is 64.6 Å². The second kappa shape index (κ2) is 2.91. The smallest absolute Gasteiger partial charge is 0.0886 e. The summed E-state index contributed by atoms with van der Waals surface area (Å²) in [7, 11) is 4.71. The number of hydrogen-bond donors (Lipinski definition) is 0. The van der Waals surface area contributed by atoms with Crippen LogP contribution in [-0.4, -0.2) is 31.2 Å². The van der Waals surface area contributed by atoms with Crippen LogP contribution in [0.25, 0.3) is 0 Å². The SMILES string of the molecule is CC[N+](C)(C)C1CCCC1. The lowest BCUT2D eigenvalue weighted by Gasteiger charge is -2.34. The molecule has 0 heterocycles. The quantitative estimate of drug-likeness (QED) is 0.517. The van der Waals surface area contributed by atoms with Crippen molar-refractivity contribution in [1.82, 2.24) is 0 Å². The molecule has 0 atom stereocenters. The molecule has 0 aliphatic heterocycles. The standard InChI is InChI=1S/C9H20N/c1-4-10(2,3)9-7-5-6-8-9/h9H,4-8H2,1-3H3/q+1. The van der Waals surface area contributed by atoms with Gasteiger partial charge < -0.3 is 4.48 Å². The molecule has 1 saturated carbocycles. The Morgan fingerprint density at radius 3 is 2.10 bits per heavy atom. The van der Waals surface area contributed by atoms with Gasteiger partial charge in [-0.25, -0.2) is 0 Å². The van der Waals surface area contributed by atoms with Crippen LogP contribution in [0.3, 0.4) is 0 Å². The van der Waals surface area contributed by atoms with Crippen molar-refractivity contribution < 1.29 is 4.48 Å². The van der Waals surface area contributed by atoms with Gasteiger partial charge in [0.15, 0.2) is 0 Å². The molecule has 0 amide bonds. The van der Waals surface area contributed by atoms with Gasteiger partial charge in [0.05, 0.1) is 26.7 Å². The van der Waals surface area contributed by atoms with Crippen LogP contribution in [-0.2, 0) is 0 Å². The van der Waals surface area contributed by atoms with E-state index in [4.69, 9.17) is 0 Å². The van der Waals surface area contributed by atoms with Gasteiger partial charge in [0.1, 0.15) is 0 Å². The van der Waals surface area contributed by atoms with Gasteiger partial charge in [-0.1, -0.05) is 0 Å². The largest absolute Gasteiger partial charge is 0.326 e. The summed E-state index contributed by atoms with van der Waals surface area (Å²) in [5, 5.41) is 0. The highest BCUT2D eigenvalue weighted by molar-refractivity contribution is 4.66. The second-order valence-corrected chi connectivity index (χ2v) is 4.03. The van der Waals surface area contributed by atoms with E-state index >= 15 is 0 Å². The molecule has 0 aromatic carbocycles. The third kappa shape index (κ3) is 1.51. The third-order valence-corrected chi connectivity index (χ3v) is 3.13. The van der Waals surface area contributed by atoms with Crippen LogP contribution >= 0.6 is 0 Å². The minimum atomic E-state index is 0.963. The van der Waals surface area contributed by atoms with E-state index in [2.05, 4.69) is 21.0 Å². The number of rotatable bonds is 2. The average molecular weight is 142 g/mol. The van der Waals surface area contributed by atoms with Gasteiger partial charge in [-0.15, -0.1) is 0 Å². The summed E-state index contributed by atoms with van der Waals surface area (Å²) in [6.07, 6.45) is 5.85. The summed E-state index contributed by atoms with van der Waals surface area (Å²) < 4.78 is 1.24. The molecule has 0 radical (unpaired) electrons. The molecule has 0 unspecified atom stereocenters. The molecule has 0 aromatic rings. The summed E-state index contributed by atoms with van der Waals surface area (Å²) in [6.45, 7) is 3.57. The molecule has 1 heteroatoms. The topological polar surface area (TPSA) is 0 Å². The molecule has 60 valence electrons. The average Bonchev–Trinajstić information content (AvgIpc) is 2.38. The summed E-state index contributed by atoms with van der Waals surface area (Å²) in [4.78, 5) is 0. The van der Waals surface area contributed by atoms with Crippen molar-refractivity contribution in [2.75, 3.05) is 20.6 Å². The van der Waals surface area contributed by atoms with Gasteiger partial charge in [-0.05, 0) is 32.6 Å². The highest BCUT2D eigenvalue weighted by atomic mass is 15.3. The molecular formula is C9H20N+. The molecule has 0 N–H and O–H groups in total. The zero-order valence-corrected chi connectivity index (χ0v) is 7.56. The lowest BCUT2D eigenvalue weighted by Crippen LogP contribution is -2.47. The van der Waals surface area contributed by atoms with Crippen LogP contribution in [0.4, 0.5) is 0 Å². The summed E-state index contributed by atoms with van der Waals surface area (Å²) in [6, 6.07) is 0.963. The van der Waals surface area contributed by atoms with E-state index in [9.17, 15) is 0 Å². The minimum absolute atomic E-state index is 0.963. The van der Waals surface area contributed by atoms with E-state index in [1.807, 2.05) is 0 Å². The van der Waals surface area contributed by atoms with E-state index in [0.717, 1.165) is 6.04 Å². The van der Waals surface area contributed by atoms with Gasteiger partial charge in [0, 0.05) is 0 Å². The Hall–Kier alpha value is -0.0400. The van der Waals surface area contributed by atoms with E-state index in [1.54, 1.807) is 0 Å². The lowest BCUT2D eigenvalue weighted by atomic mass is 10.2. The Morgan fingerprint density at radius 2 is 1.70 bits per heavy atom. The fourth-order valence-electron chi connectivity index (χ4n) is 1.86. The van der Waals surface area contributed by atoms with Crippen LogP contribution in [0.5, 0.6) is 0 Å². The van der Waals surface area contributed by atoms with E-state index in [-0.39, 0.29) is 0 Å². The van der Waals surface area contributed by atoms with Crippen LogP contribution in [0, 0.1) is 0 Å². The summed E-state index contributed by atoms with van der Waals surface area (Å²) in [5.74, 6) is 0. The molecule has 1 fully saturated rings. The summed E-state index contributed by atoms with van der Waals surface area (Å²) in [5.41, 5.74) is 0. The molecular weight excluding hydrogens is 122 g/mol. The van der Waals surface area contributed by atoms with Gasteiger partial charge in [0.25, 0.3) is 0 Å². The Balaban J connectivity index is 2.45. The second-order valence-electron chi connectivity index (χ2n) is 4.03. The lowest BCUT2D eigenvalue weighted by molar-refractivity contribution is -0.912.